The molecule has 1 aromatic heterocycles. The zero-order chi connectivity index (χ0) is 15.1. The molecule has 3 rings (SSSR count). The van der Waals surface area contributed by atoms with Crippen molar-refractivity contribution in [3.63, 3.8) is 0 Å². The molecule has 1 aliphatic heterocycles. The fourth-order valence-corrected chi connectivity index (χ4v) is 3.92. The van der Waals surface area contributed by atoms with Crippen molar-refractivity contribution >= 4 is 11.9 Å². The van der Waals surface area contributed by atoms with Gasteiger partial charge in [0.1, 0.15) is 11.7 Å². The summed E-state index contributed by atoms with van der Waals surface area (Å²) in [5, 5.41) is 13.7. The maximum absolute atomic E-state index is 12.9. The molecule has 1 saturated carbocycles. The molecule has 1 aromatic rings. The van der Waals surface area contributed by atoms with E-state index >= 15 is 0 Å². The number of likely N-dealkylation sites (tertiary alicyclic amines) is 1. The Morgan fingerprint density at radius 2 is 2.05 bits per heavy atom. The second-order valence-electron chi connectivity index (χ2n) is 6.21. The van der Waals surface area contributed by atoms with Crippen LogP contribution < -0.4 is 0 Å². The molecule has 0 spiro atoms. The van der Waals surface area contributed by atoms with Gasteiger partial charge in [-0.15, -0.1) is 0 Å². The van der Waals surface area contributed by atoms with Crippen LogP contribution in [0.3, 0.4) is 0 Å². The second kappa shape index (κ2) is 5.16. The maximum Gasteiger partial charge on any atom is 0.326 e. The van der Waals surface area contributed by atoms with Gasteiger partial charge in [0.2, 0.25) is 0 Å². The lowest BCUT2D eigenvalue weighted by atomic mass is 9.84. The number of carbonyl (C=O) groups excluding carboxylic acids is 1. The van der Waals surface area contributed by atoms with Gasteiger partial charge < -0.3 is 10.0 Å². The van der Waals surface area contributed by atoms with Gasteiger partial charge in [0.05, 0.1) is 5.69 Å². The monoisotopic (exact) mass is 291 g/mol. The SMILES string of the molecule is Cc1cc(C(=O)N2[C@@H]3CCCC[C@@H]3C[C@H]2C(=O)O)n(C)n1. The molecule has 2 aliphatic rings. The first kappa shape index (κ1) is 14.1. The van der Waals surface area contributed by atoms with Crippen molar-refractivity contribution in [3.8, 4) is 0 Å². The van der Waals surface area contributed by atoms with Crippen LogP contribution in [-0.4, -0.2) is 43.7 Å². The number of carboxylic acids is 1. The fourth-order valence-electron chi connectivity index (χ4n) is 3.92. The summed E-state index contributed by atoms with van der Waals surface area (Å²) in [5.74, 6) is -0.755. The van der Waals surface area contributed by atoms with Crippen LogP contribution in [0, 0.1) is 12.8 Å². The largest absolute Gasteiger partial charge is 0.480 e. The zero-order valence-electron chi connectivity index (χ0n) is 12.5. The summed E-state index contributed by atoms with van der Waals surface area (Å²) in [7, 11) is 1.73. The van der Waals surface area contributed by atoms with Crippen molar-refractivity contribution in [1.29, 1.82) is 0 Å². The molecule has 0 bridgehead atoms. The van der Waals surface area contributed by atoms with Crippen LogP contribution in [0.2, 0.25) is 0 Å². The predicted molar refractivity (Wildman–Crippen MR) is 75.9 cm³/mol. The van der Waals surface area contributed by atoms with Gasteiger partial charge in [0.15, 0.2) is 0 Å². The molecule has 2 heterocycles. The third-order valence-electron chi connectivity index (χ3n) is 4.83. The van der Waals surface area contributed by atoms with Crippen molar-refractivity contribution in [2.45, 2.75) is 51.1 Å². The third kappa shape index (κ3) is 2.32. The van der Waals surface area contributed by atoms with Crippen LogP contribution in [-0.2, 0) is 11.8 Å². The number of aromatic nitrogens is 2. The molecule has 2 fully saturated rings. The van der Waals surface area contributed by atoms with E-state index in [-0.39, 0.29) is 11.9 Å². The van der Waals surface area contributed by atoms with Crippen LogP contribution in [0.5, 0.6) is 0 Å². The standard InChI is InChI=1S/C15H21N3O3/c1-9-7-12(17(2)16-9)14(19)18-11-6-4-3-5-10(11)8-13(18)15(20)21/h7,10-11,13H,3-6,8H2,1-2H3,(H,20,21)/t10-,11-,13+/m1/s1. The molecule has 1 amide bonds. The molecule has 1 aliphatic carbocycles. The number of aliphatic carboxylic acids is 1. The third-order valence-corrected chi connectivity index (χ3v) is 4.83. The summed E-state index contributed by atoms with van der Waals surface area (Å²) in [6, 6.07) is 1.11. The highest BCUT2D eigenvalue weighted by atomic mass is 16.4. The number of hydrogen-bond acceptors (Lipinski definition) is 3. The summed E-state index contributed by atoms with van der Waals surface area (Å²) >= 11 is 0. The van der Waals surface area contributed by atoms with Crippen LogP contribution >= 0.6 is 0 Å². The van der Waals surface area contributed by atoms with Crippen LogP contribution in [0.15, 0.2) is 6.07 Å². The topological polar surface area (TPSA) is 75.4 Å². The minimum absolute atomic E-state index is 0.0718. The van der Waals surface area contributed by atoms with E-state index in [9.17, 15) is 14.7 Å². The van der Waals surface area contributed by atoms with Crippen molar-refractivity contribution in [3.05, 3.63) is 17.5 Å². The normalized spacial score (nSPS) is 28.5. The van der Waals surface area contributed by atoms with Gasteiger partial charge in [-0.05, 0) is 38.2 Å². The highest BCUT2D eigenvalue weighted by molar-refractivity contribution is 5.96. The van der Waals surface area contributed by atoms with E-state index in [2.05, 4.69) is 5.10 Å². The molecule has 3 atom stereocenters. The number of carboxylic acid groups (broad SMARTS) is 1. The molecule has 21 heavy (non-hydrogen) atoms. The summed E-state index contributed by atoms with van der Waals surface area (Å²) in [4.78, 5) is 26.0. The van der Waals surface area contributed by atoms with Crippen molar-refractivity contribution in [2.75, 3.05) is 0 Å². The minimum Gasteiger partial charge on any atom is -0.480 e. The van der Waals surface area contributed by atoms with Gasteiger partial charge in [-0.1, -0.05) is 12.8 Å². The van der Waals surface area contributed by atoms with Gasteiger partial charge >= 0.3 is 5.97 Å². The molecular formula is C15H21N3O3. The zero-order valence-corrected chi connectivity index (χ0v) is 12.5. The summed E-state index contributed by atoms with van der Waals surface area (Å²) in [6.07, 6.45) is 4.74. The van der Waals surface area contributed by atoms with Gasteiger partial charge in [-0.25, -0.2) is 4.79 Å². The number of carbonyl (C=O) groups is 2. The first-order valence-electron chi connectivity index (χ1n) is 7.55. The Labute approximate surface area is 123 Å². The number of aryl methyl sites for hydroxylation is 2. The lowest BCUT2D eigenvalue weighted by Crippen LogP contribution is -2.46. The summed E-state index contributed by atoms with van der Waals surface area (Å²) in [6.45, 7) is 1.83. The number of nitrogens with zero attached hydrogens (tertiary/aromatic N) is 3. The lowest BCUT2D eigenvalue weighted by Gasteiger charge is -2.32. The molecule has 0 radical (unpaired) electrons. The fraction of sp³-hybridized carbons (Fsp3) is 0.667. The Bertz CT molecular complexity index is 581. The van der Waals surface area contributed by atoms with Gasteiger partial charge in [0, 0.05) is 13.1 Å². The first-order valence-corrected chi connectivity index (χ1v) is 7.55. The molecule has 1 saturated heterocycles. The Morgan fingerprint density at radius 3 is 2.67 bits per heavy atom. The molecule has 6 nitrogen and oxygen atoms in total. The van der Waals surface area contributed by atoms with Crippen LogP contribution in [0.1, 0.15) is 48.3 Å². The lowest BCUT2D eigenvalue weighted by molar-refractivity contribution is -0.141. The number of fused-ring (bicyclic) bond motifs is 1. The molecular weight excluding hydrogens is 270 g/mol. The van der Waals surface area contributed by atoms with Gasteiger partial charge in [-0.3, -0.25) is 9.48 Å². The van der Waals surface area contributed by atoms with Crippen LogP contribution in [0.25, 0.3) is 0 Å². The van der Waals surface area contributed by atoms with Crippen molar-refractivity contribution in [1.82, 2.24) is 14.7 Å². The molecule has 0 aromatic carbocycles. The van der Waals surface area contributed by atoms with E-state index in [0.717, 1.165) is 31.4 Å². The Balaban J connectivity index is 1.94. The Morgan fingerprint density at radius 1 is 1.33 bits per heavy atom. The first-order chi connectivity index (χ1) is 9.99. The molecule has 1 N–H and O–H groups in total. The highest BCUT2D eigenvalue weighted by Gasteiger charge is 2.48. The second-order valence-corrected chi connectivity index (χ2v) is 6.21. The molecule has 0 unspecified atom stereocenters. The molecule has 6 heteroatoms. The highest BCUT2D eigenvalue weighted by Crippen LogP contribution is 2.40. The maximum atomic E-state index is 12.9. The summed E-state index contributed by atoms with van der Waals surface area (Å²) < 4.78 is 1.55. The average Bonchev–Trinajstić information content (AvgIpc) is 2.98. The number of rotatable bonds is 2. The van der Waals surface area contributed by atoms with E-state index in [1.165, 1.54) is 0 Å². The van der Waals surface area contributed by atoms with Gasteiger partial charge in [-0.2, -0.15) is 5.10 Å². The molecule has 114 valence electrons. The predicted octanol–water partition coefficient (Wildman–Crippen LogP) is 1.59. The van der Waals surface area contributed by atoms with E-state index in [4.69, 9.17) is 0 Å². The minimum atomic E-state index is -0.892. The number of amides is 1. The quantitative estimate of drug-likeness (QED) is 0.897. The van der Waals surface area contributed by atoms with Crippen molar-refractivity contribution in [2.24, 2.45) is 13.0 Å². The summed E-state index contributed by atoms with van der Waals surface area (Å²) in [5.41, 5.74) is 1.25. The van der Waals surface area contributed by atoms with Crippen molar-refractivity contribution < 1.29 is 14.7 Å². The smallest absolute Gasteiger partial charge is 0.326 e. The van der Waals surface area contributed by atoms with E-state index in [0.29, 0.717) is 18.0 Å². The Hall–Kier alpha value is -1.85. The van der Waals surface area contributed by atoms with E-state index < -0.39 is 12.0 Å². The van der Waals surface area contributed by atoms with E-state index in [1.54, 1.807) is 22.7 Å². The van der Waals surface area contributed by atoms with E-state index in [1.807, 2.05) is 6.92 Å². The Kier molecular flexibility index (Phi) is 3.47. The number of hydrogen-bond donors (Lipinski definition) is 1. The van der Waals surface area contributed by atoms with Gasteiger partial charge in [0.25, 0.3) is 5.91 Å². The average molecular weight is 291 g/mol. The van der Waals surface area contributed by atoms with Crippen LogP contribution in [0.4, 0.5) is 0 Å².